The van der Waals surface area contributed by atoms with Gasteiger partial charge in [-0.25, -0.2) is 14.8 Å². The molecular weight excluding hydrogens is 338 g/mol. The van der Waals surface area contributed by atoms with E-state index in [1.807, 2.05) is 48.7 Å². The molecule has 1 aromatic carbocycles. The first-order chi connectivity index (χ1) is 13.3. The number of aryl methyl sites for hydroxylation is 1. The summed E-state index contributed by atoms with van der Waals surface area (Å²) in [7, 11) is 0. The van der Waals surface area contributed by atoms with Crippen LogP contribution in [-0.4, -0.2) is 21.0 Å². The highest BCUT2D eigenvalue weighted by Gasteiger charge is 2.24. The second-order valence-corrected chi connectivity index (χ2v) is 6.59. The van der Waals surface area contributed by atoms with Crippen molar-refractivity contribution in [2.45, 2.75) is 31.8 Å². The molecule has 1 atom stereocenters. The Balaban J connectivity index is 1.44. The zero-order chi connectivity index (χ0) is 18.5. The van der Waals surface area contributed by atoms with Crippen LogP contribution in [0.2, 0.25) is 0 Å². The minimum Gasteiger partial charge on any atom is -0.334 e. The monoisotopic (exact) mass is 359 g/mol. The highest BCUT2D eigenvalue weighted by atomic mass is 16.2. The standard InChI is InChI=1S/C21H21N5O/c27-21(24-12-15-6-2-1-3-7-15)26-19-10-4-9-18-17(19)14-23-20(25-18)16-8-5-11-22-13-16/h1-3,5-8,11,13-14,19H,4,9-10,12H2,(H2,24,26,27). The Kier molecular flexibility index (Phi) is 5.05. The molecule has 3 aromatic rings. The van der Waals surface area contributed by atoms with E-state index in [4.69, 9.17) is 4.98 Å². The van der Waals surface area contributed by atoms with Gasteiger partial charge in [0.25, 0.3) is 0 Å². The molecule has 27 heavy (non-hydrogen) atoms. The third-order valence-electron chi connectivity index (χ3n) is 4.70. The Labute approximate surface area is 158 Å². The third kappa shape index (κ3) is 4.11. The Hall–Kier alpha value is -3.28. The van der Waals surface area contributed by atoms with Crippen molar-refractivity contribution in [3.05, 3.63) is 77.9 Å². The molecule has 0 spiro atoms. The molecule has 136 valence electrons. The Bertz CT molecular complexity index is 914. The van der Waals surface area contributed by atoms with Crippen LogP contribution in [0, 0.1) is 0 Å². The summed E-state index contributed by atoms with van der Waals surface area (Å²) in [5.41, 5.74) is 3.98. The molecule has 0 radical (unpaired) electrons. The fraction of sp³-hybridized carbons (Fsp3) is 0.238. The van der Waals surface area contributed by atoms with Gasteiger partial charge in [-0.1, -0.05) is 30.3 Å². The minimum absolute atomic E-state index is 0.0625. The predicted molar refractivity (Wildman–Crippen MR) is 103 cm³/mol. The quantitative estimate of drug-likeness (QED) is 0.748. The first kappa shape index (κ1) is 17.1. The van der Waals surface area contributed by atoms with Crippen molar-refractivity contribution >= 4 is 6.03 Å². The predicted octanol–water partition coefficient (Wildman–Crippen LogP) is 3.42. The van der Waals surface area contributed by atoms with Crippen LogP contribution in [-0.2, 0) is 13.0 Å². The number of nitrogens with one attached hydrogen (secondary N) is 2. The first-order valence-corrected chi connectivity index (χ1v) is 9.14. The number of fused-ring (bicyclic) bond motifs is 1. The number of aromatic nitrogens is 3. The van der Waals surface area contributed by atoms with Crippen molar-refractivity contribution in [1.29, 1.82) is 0 Å². The zero-order valence-electron chi connectivity index (χ0n) is 14.9. The summed E-state index contributed by atoms with van der Waals surface area (Å²) in [5, 5.41) is 5.98. The van der Waals surface area contributed by atoms with E-state index in [9.17, 15) is 4.79 Å². The number of pyridine rings is 1. The summed E-state index contributed by atoms with van der Waals surface area (Å²) >= 11 is 0. The number of amides is 2. The Morgan fingerprint density at radius 2 is 2.00 bits per heavy atom. The highest BCUT2D eigenvalue weighted by molar-refractivity contribution is 5.74. The normalized spacial score (nSPS) is 15.6. The van der Waals surface area contributed by atoms with Gasteiger partial charge >= 0.3 is 6.03 Å². The van der Waals surface area contributed by atoms with E-state index < -0.39 is 0 Å². The van der Waals surface area contributed by atoms with Crippen molar-refractivity contribution < 1.29 is 4.79 Å². The van der Waals surface area contributed by atoms with Crippen molar-refractivity contribution in [1.82, 2.24) is 25.6 Å². The summed E-state index contributed by atoms with van der Waals surface area (Å²) in [6.07, 6.45) is 8.11. The Morgan fingerprint density at radius 3 is 2.81 bits per heavy atom. The lowest BCUT2D eigenvalue weighted by Crippen LogP contribution is -2.39. The van der Waals surface area contributed by atoms with Gasteiger partial charge in [-0.15, -0.1) is 0 Å². The van der Waals surface area contributed by atoms with Crippen molar-refractivity contribution in [2.24, 2.45) is 0 Å². The fourth-order valence-corrected chi connectivity index (χ4v) is 3.32. The number of benzene rings is 1. The number of urea groups is 1. The van der Waals surface area contributed by atoms with Crippen LogP contribution >= 0.6 is 0 Å². The van der Waals surface area contributed by atoms with Crippen molar-refractivity contribution in [3.63, 3.8) is 0 Å². The van der Waals surface area contributed by atoms with Gasteiger partial charge in [0.2, 0.25) is 0 Å². The molecule has 0 fully saturated rings. The smallest absolute Gasteiger partial charge is 0.315 e. The number of carbonyl (C=O) groups is 1. The molecule has 2 amide bonds. The molecule has 0 saturated heterocycles. The fourth-order valence-electron chi connectivity index (χ4n) is 3.32. The minimum atomic E-state index is -0.173. The van der Waals surface area contributed by atoms with Gasteiger partial charge in [0.1, 0.15) is 0 Å². The van der Waals surface area contributed by atoms with Crippen molar-refractivity contribution in [2.75, 3.05) is 0 Å². The summed E-state index contributed by atoms with van der Waals surface area (Å²) < 4.78 is 0. The van der Waals surface area contributed by atoms with Crippen molar-refractivity contribution in [3.8, 4) is 11.4 Å². The molecule has 1 aliphatic rings. The number of carbonyl (C=O) groups excluding carboxylic acids is 1. The highest BCUT2D eigenvalue weighted by Crippen LogP contribution is 2.29. The Morgan fingerprint density at radius 1 is 1.11 bits per heavy atom. The van der Waals surface area contributed by atoms with Crippen LogP contribution in [0.25, 0.3) is 11.4 Å². The lowest BCUT2D eigenvalue weighted by Gasteiger charge is -2.25. The van der Waals surface area contributed by atoms with E-state index in [2.05, 4.69) is 20.6 Å². The van der Waals surface area contributed by atoms with Crippen LogP contribution in [0.5, 0.6) is 0 Å². The van der Waals surface area contributed by atoms with Gasteiger partial charge in [-0.3, -0.25) is 4.98 Å². The lowest BCUT2D eigenvalue weighted by molar-refractivity contribution is 0.235. The topological polar surface area (TPSA) is 79.8 Å². The molecule has 6 heteroatoms. The maximum Gasteiger partial charge on any atom is 0.315 e. The van der Waals surface area contributed by atoms with Crippen LogP contribution < -0.4 is 10.6 Å². The second kappa shape index (κ2) is 7.95. The first-order valence-electron chi connectivity index (χ1n) is 9.14. The van der Waals surface area contributed by atoms with Crippen LogP contribution in [0.3, 0.4) is 0 Å². The van der Waals surface area contributed by atoms with Gasteiger partial charge in [0.05, 0.1) is 6.04 Å². The van der Waals surface area contributed by atoms with Crippen LogP contribution in [0.1, 0.15) is 35.7 Å². The summed E-state index contributed by atoms with van der Waals surface area (Å²) in [5.74, 6) is 0.677. The molecule has 1 aliphatic carbocycles. The van der Waals surface area contributed by atoms with Crippen LogP contribution in [0.15, 0.2) is 61.1 Å². The van der Waals surface area contributed by atoms with E-state index in [0.29, 0.717) is 12.4 Å². The number of hydrogen-bond acceptors (Lipinski definition) is 4. The molecule has 2 heterocycles. The third-order valence-corrected chi connectivity index (χ3v) is 4.70. The summed E-state index contributed by atoms with van der Waals surface area (Å²) in [6.45, 7) is 0.503. The molecule has 6 nitrogen and oxygen atoms in total. The van der Waals surface area contributed by atoms with E-state index >= 15 is 0 Å². The van der Waals surface area contributed by atoms with Gasteiger partial charge in [0.15, 0.2) is 5.82 Å². The molecule has 0 saturated carbocycles. The SMILES string of the molecule is O=C(NCc1ccccc1)NC1CCCc2nc(-c3cccnc3)ncc21. The number of rotatable bonds is 4. The van der Waals surface area contributed by atoms with Gasteiger partial charge in [0, 0.05) is 42.0 Å². The largest absolute Gasteiger partial charge is 0.334 e. The molecule has 1 unspecified atom stereocenters. The van der Waals surface area contributed by atoms with E-state index in [1.54, 1.807) is 12.4 Å². The average molecular weight is 359 g/mol. The maximum absolute atomic E-state index is 12.3. The molecular formula is C21H21N5O. The summed E-state index contributed by atoms with van der Waals surface area (Å²) in [6, 6.07) is 13.5. The summed E-state index contributed by atoms with van der Waals surface area (Å²) in [4.78, 5) is 25.6. The number of nitrogens with zero attached hydrogens (tertiary/aromatic N) is 3. The molecule has 2 N–H and O–H groups in total. The van der Waals surface area contributed by atoms with E-state index in [0.717, 1.165) is 41.6 Å². The maximum atomic E-state index is 12.3. The zero-order valence-corrected chi connectivity index (χ0v) is 14.9. The average Bonchev–Trinajstić information content (AvgIpc) is 2.73. The lowest BCUT2D eigenvalue weighted by atomic mass is 9.92. The molecule has 2 aromatic heterocycles. The van der Waals surface area contributed by atoms with Crippen LogP contribution in [0.4, 0.5) is 4.79 Å². The second-order valence-electron chi connectivity index (χ2n) is 6.59. The van der Waals surface area contributed by atoms with E-state index in [1.165, 1.54) is 0 Å². The number of hydrogen-bond donors (Lipinski definition) is 2. The van der Waals surface area contributed by atoms with Gasteiger partial charge < -0.3 is 10.6 Å². The molecule has 4 rings (SSSR count). The van der Waals surface area contributed by atoms with E-state index in [-0.39, 0.29) is 12.1 Å². The molecule has 0 bridgehead atoms. The molecule has 0 aliphatic heterocycles. The van der Waals surface area contributed by atoms with Gasteiger partial charge in [-0.2, -0.15) is 0 Å². The van der Waals surface area contributed by atoms with Gasteiger partial charge in [-0.05, 0) is 37.0 Å².